The van der Waals surface area contributed by atoms with Crippen LogP contribution in [0.3, 0.4) is 0 Å². The molecule has 146 valence electrons. The maximum atomic E-state index is 12.0. The van der Waals surface area contributed by atoms with Gasteiger partial charge in [-0.2, -0.15) is 0 Å². The van der Waals surface area contributed by atoms with Crippen LogP contribution in [0.25, 0.3) is 5.69 Å². The summed E-state index contributed by atoms with van der Waals surface area (Å²) in [6.45, 7) is 9.35. The maximum Gasteiger partial charge on any atom is 0.251 e. The number of hydrogen-bond acceptors (Lipinski definition) is 4. The molecule has 1 aromatic heterocycles. The topological polar surface area (TPSA) is 71.8 Å². The van der Waals surface area contributed by atoms with Crippen LogP contribution < -0.4 is 10.6 Å². The van der Waals surface area contributed by atoms with Gasteiger partial charge in [0.1, 0.15) is 5.69 Å². The molecule has 0 bridgehead atoms. The summed E-state index contributed by atoms with van der Waals surface area (Å²) in [5.74, 6) is -0.0470. The second-order valence-corrected chi connectivity index (χ2v) is 6.97. The van der Waals surface area contributed by atoms with Crippen LogP contribution in [-0.2, 0) is 6.54 Å². The molecule has 0 aliphatic heterocycles. The largest absolute Gasteiger partial charge is 0.352 e. The summed E-state index contributed by atoms with van der Waals surface area (Å²) < 4.78 is 1.86. The average Bonchev–Trinajstić information content (AvgIpc) is 3.08. The number of rotatable bonds is 7. The molecule has 3 aromatic rings. The third-order valence-electron chi connectivity index (χ3n) is 4.76. The highest BCUT2D eigenvalue weighted by Gasteiger charge is 2.16. The normalized spacial score (nSPS) is 12.0. The molecule has 1 unspecified atom stereocenters. The van der Waals surface area contributed by atoms with E-state index in [9.17, 15) is 4.79 Å². The third kappa shape index (κ3) is 4.46. The van der Waals surface area contributed by atoms with E-state index in [1.165, 1.54) is 5.56 Å². The van der Waals surface area contributed by atoms with E-state index in [4.69, 9.17) is 0 Å². The van der Waals surface area contributed by atoms with Crippen molar-refractivity contribution in [3.8, 4) is 5.69 Å². The van der Waals surface area contributed by atoms with Crippen molar-refractivity contribution in [3.63, 3.8) is 0 Å². The zero-order valence-corrected chi connectivity index (χ0v) is 16.9. The van der Waals surface area contributed by atoms with Gasteiger partial charge >= 0.3 is 0 Å². The van der Waals surface area contributed by atoms with Crippen molar-refractivity contribution in [1.82, 2.24) is 25.6 Å². The first-order valence-corrected chi connectivity index (χ1v) is 9.59. The Morgan fingerprint density at radius 3 is 2.61 bits per heavy atom. The van der Waals surface area contributed by atoms with Gasteiger partial charge in [-0.25, -0.2) is 4.68 Å². The minimum atomic E-state index is -0.0470. The molecule has 1 amide bonds. The standard InChI is InChI=1S/C22H27N5O/c1-5-23-22(28)19-8-6-7-18(13-19)14-24-16(3)21-17(4)27(26-25-21)20-11-9-15(2)10-12-20/h6-13,16,24H,5,14H2,1-4H3,(H,23,28). The summed E-state index contributed by atoms with van der Waals surface area (Å²) >= 11 is 0. The van der Waals surface area contributed by atoms with Crippen molar-refractivity contribution in [2.45, 2.75) is 40.3 Å². The summed E-state index contributed by atoms with van der Waals surface area (Å²) in [6, 6.07) is 15.9. The first-order chi connectivity index (χ1) is 13.5. The number of amides is 1. The van der Waals surface area contributed by atoms with Crippen molar-refractivity contribution >= 4 is 5.91 Å². The molecule has 3 rings (SSSR count). The number of aromatic nitrogens is 3. The van der Waals surface area contributed by atoms with Gasteiger partial charge in [0, 0.05) is 18.7 Å². The molecular formula is C22H27N5O. The average molecular weight is 377 g/mol. The van der Waals surface area contributed by atoms with Crippen molar-refractivity contribution < 1.29 is 4.79 Å². The van der Waals surface area contributed by atoms with Crippen LogP contribution in [0, 0.1) is 13.8 Å². The minimum absolute atomic E-state index is 0.0346. The van der Waals surface area contributed by atoms with E-state index in [1.54, 1.807) is 0 Å². The molecular weight excluding hydrogens is 350 g/mol. The first-order valence-electron chi connectivity index (χ1n) is 9.59. The van der Waals surface area contributed by atoms with Crippen LogP contribution in [0.4, 0.5) is 0 Å². The van der Waals surface area contributed by atoms with E-state index in [0.29, 0.717) is 18.7 Å². The minimum Gasteiger partial charge on any atom is -0.352 e. The van der Waals surface area contributed by atoms with E-state index in [1.807, 2.05) is 54.9 Å². The Kier molecular flexibility index (Phi) is 6.21. The van der Waals surface area contributed by atoms with Gasteiger partial charge in [0.15, 0.2) is 0 Å². The zero-order valence-electron chi connectivity index (χ0n) is 16.9. The molecule has 0 spiro atoms. The molecule has 1 heterocycles. The number of carbonyl (C=O) groups is 1. The van der Waals surface area contributed by atoms with Crippen LogP contribution >= 0.6 is 0 Å². The number of nitrogens with zero attached hydrogens (tertiary/aromatic N) is 3. The van der Waals surface area contributed by atoms with Crippen LogP contribution in [0.15, 0.2) is 48.5 Å². The van der Waals surface area contributed by atoms with E-state index < -0.39 is 0 Å². The van der Waals surface area contributed by atoms with Crippen molar-refractivity contribution in [2.75, 3.05) is 6.54 Å². The SMILES string of the molecule is CCNC(=O)c1cccc(CNC(C)c2nnn(-c3ccc(C)cc3)c2C)c1. The predicted molar refractivity (Wildman–Crippen MR) is 111 cm³/mol. The molecule has 0 aliphatic carbocycles. The molecule has 0 saturated carbocycles. The summed E-state index contributed by atoms with van der Waals surface area (Å²) in [5.41, 5.74) is 5.88. The molecule has 2 aromatic carbocycles. The third-order valence-corrected chi connectivity index (χ3v) is 4.76. The van der Waals surface area contributed by atoms with E-state index in [2.05, 4.69) is 46.9 Å². The molecule has 0 saturated heterocycles. The van der Waals surface area contributed by atoms with Gasteiger partial charge in [0.05, 0.1) is 17.4 Å². The number of nitrogens with one attached hydrogen (secondary N) is 2. The summed E-state index contributed by atoms with van der Waals surface area (Å²) in [5, 5.41) is 15.0. The lowest BCUT2D eigenvalue weighted by molar-refractivity contribution is 0.0955. The highest BCUT2D eigenvalue weighted by atomic mass is 16.1. The summed E-state index contributed by atoms with van der Waals surface area (Å²) in [7, 11) is 0. The fourth-order valence-corrected chi connectivity index (χ4v) is 3.12. The first kappa shape index (κ1) is 19.8. The molecule has 28 heavy (non-hydrogen) atoms. The highest BCUT2D eigenvalue weighted by molar-refractivity contribution is 5.94. The van der Waals surface area contributed by atoms with Gasteiger partial charge in [-0.15, -0.1) is 5.10 Å². The monoisotopic (exact) mass is 377 g/mol. The molecule has 0 radical (unpaired) electrons. The van der Waals surface area contributed by atoms with Crippen molar-refractivity contribution in [1.29, 1.82) is 0 Å². The van der Waals surface area contributed by atoms with Crippen molar-refractivity contribution in [2.24, 2.45) is 0 Å². The lowest BCUT2D eigenvalue weighted by atomic mass is 10.1. The van der Waals surface area contributed by atoms with Gasteiger partial charge in [0.25, 0.3) is 5.91 Å². The fraction of sp³-hybridized carbons (Fsp3) is 0.318. The zero-order chi connectivity index (χ0) is 20.1. The van der Waals surface area contributed by atoms with Crippen LogP contribution in [0.1, 0.15) is 52.8 Å². The Balaban J connectivity index is 1.69. The molecule has 2 N–H and O–H groups in total. The van der Waals surface area contributed by atoms with Crippen molar-refractivity contribution in [3.05, 3.63) is 76.6 Å². The lowest BCUT2D eigenvalue weighted by Gasteiger charge is -2.13. The highest BCUT2D eigenvalue weighted by Crippen LogP contribution is 2.18. The number of carbonyl (C=O) groups excluding carboxylic acids is 1. The Labute approximate surface area is 166 Å². The lowest BCUT2D eigenvalue weighted by Crippen LogP contribution is -2.23. The number of hydrogen-bond donors (Lipinski definition) is 2. The van der Waals surface area contributed by atoms with Crippen LogP contribution in [0.2, 0.25) is 0 Å². The second-order valence-electron chi connectivity index (χ2n) is 6.97. The smallest absolute Gasteiger partial charge is 0.251 e. The predicted octanol–water partition coefficient (Wildman–Crippen LogP) is 3.48. The molecule has 0 fully saturated rings. The molecule has 6 nitrogen and oxygen atoms in total. The van der Waals surface area contributed by atoms with Gasteiger partial charge in [-0.1, -0.05) is 35.0 Å². The molecule has 6 heteroatoms. The maximum absolute atomic E-state index is 12.0. The van der Waals surface area contributed by atoms with Crippen LogP contribution in [-0.4, -0.2) is 27.4 Å². The Bertz CT molecular complexity index is 946. The summed E-state index contributed by atoms with van der Waals surface area (Å²) in [4.78, 5) is 12.0. The second kappa shape index (κ2) is 8.80. The van der Waals surface area contributed by atoms with Crippen LogP contribution in [0.5, 0.6) is 0 Å². The summed E-state index contributed by atoms with van der Waals surface area (Å²) in [6.07, 6.45) is 0. The Morgan fingerprint density at radius 1 is 1.14 bits per heavy atom. The number of benzene rings is 2. The number of aryl methyl sites for hydroxylation is 1. The quantitative estimate of drug-likeness (QED) is 0.661. The Morgan fingerprint density at radius 2 is 1.89 bits per heavy atom. The molecule has 1 atom stereocenters. The van der Waals surface area contributed by atoms with E-state index in [-0.39, 0.29) is 11.9 Å². The van der Waals surface area contributed by atoms with E-state index >= 15 is 0 Å². The van der Waals surface area contributed by atoms with Gasteiger partial charge in [0.2, 0.25) is 0 Å². The van der Waals surface area contributed by atoms with Gasteiger partial charge in [-0.3, -0.25) is 4.79 Å². The molecule has 0 aliphatic rings. The Hall–Kier alpha value is -2.99. The fourth-order valence-electron chi connectivity index (χ4n) is 3.12. The van der Waals surface area contributed by atoms with E-state index in [0.717, 1.165) is 22.6 Å². The van der Waals surface area contributed by atoms with Gasteiger partial charge in [-0.05, 0) is 57.5 Å². The van der Waals surface area contributed by atoms with Gasteiger partial charge < -0.3 is 10.6 Å².